The van der Waals surface area contributed by atoms with Gasteiger partial charge in [-0.1, -0.05) is 0 Å². The van der Waals surface area contributed by atoms with Crippen molar-refractivity contribution in [2.24, 2.45) is 5.73 Å². The van der Waals surface area contributed by atoms with Gasteiger partial charge in [-0.2, -0.15) is 13.2 Å². The maximum absolute atomic E-state index is 12.3. The number of benzene rings is 1. The van der Waals surface area contributed by atoms with E-state index in [9.17, 15) is 21.6 Å². The molecule has 1 unspecified atom stereocenters. The van der Waals surface area contributed by atoms with Crippen molar-refractivity contribution in [1.29, 1.82) is 0 Å². The topological polar surface area (TPSA) is 80.4 Å². The molecule has 1 aromatic rings. The molecule has 0 saturated heterocycles. The van der Waals surface area contributed by atoms with E-state index < -0.39 is 33.4 Å². The van der Waals surface area contributed by atoms with Crippen molar-refractivity contribution in [3.8, 4) is 0 Å². The molecule has 0 saturated carbocycles. The van der Waals surface area contributed by atoms with E-state index in [1.807, 2.05) is 0 Å². The van der Waals surface area contributed by atoms with E-state index in [0.29, 0.717) is 12.1 Å². The molecule has 0 spiro atoms. The molecule has 0 aromatic heterocycles. The first kappa shape index (κ1) is 15.9. The molecule has 4 nitrogen and oxygen atoms in total. The van der Waals surface area contributed by atoms with Crippen molar-refractivity contribution in [2.45, 2.75) is 23.5 Å². The van der Waals surface area contributed by atoms with Gasteiger partial charge in [-0.15, -0.1) is 0 Å². The number of aliphatic hydroxyl groups excluding tert-OH is 1. The highest BCUT2D eigenvalue weighted by Gasteiger charge is 2.30. The second kappa shape index (κ2) is 5.89. The highest BCUT2D eigenvalue weighted by molar-refractivity contribution is 7.91. The molecule has 0 bridgehead atoms. The van der Waals surface area contributed by atoms with Crippen LogP contribution < -0.4 is 5.73 Å². The Morgan fingerprint density at radius 1 is 1.21 bits per heavy atom. The van der Waals surface area contributed by atoms with Crippen molar-refractivity contribution in [2.75, 3.05) is 12.4 Å². The second-order valence-corrected chi connectivity index (χ2v) is 6.11. The molecule has 0 fully saturated rings. The Kier molecular flexibility index (Phi) is 4.94. The maximum Gasteiger partial charge on any atom is 0.416 e. The lowest BCUT2D eigenvalue weighted by atomic mass is 10.2. The molecule has 0 heterocycles. The fourth-order valence-corrected chi connectivity index (χ4v) is 2.95. The summed E-state index contributed by atoms with van der Waals surface area (Å²) < 4.78 is 60.7. The molecule has 1 atom stereocenters. The van der Waals surface area contributed by atoms with Gasteiger partial charge < -0.3 is 10.8 Å². The summed E-state index contributed by atoms with van der Waals surface area (Å²) in [5, 5.41) is 8.63. The number of rotatable bonds is 5. The molecule has 19 heavy (non-hydrogen) atoms. The number of nitrogens with two attached hydrogens (primary N) is 1. The van der Waals surface area contributed by atoms with Crippen LogP contribution >= 0.6 is 0 Å². The summed E-state index contributed by atoms with van der Waals surface area (Å²) in [7, 11) is -3.75. The van der Waals surface area contributed by atoms with Crippen LogP contribution in [0.25, 0.3) is 0 Å². The molecule has 108 valence electrons. The lowest BCUT2D eigenvalue weighted by Crippen LogP contribution is -2.30. The average Bonchev–Trinajstić information content (AvgIpc) is 2.27. The van der Waals surface area contributed by atoms with Crippen molar-refractivity contribution < 1.29 is 26.7 Å². The Bertz CT molecular complexity index is 511. The highest BCUT2D eigenvalue weighted by Crippen LogP contribution is 2.29. The first-order valence-electron chi connectivity index (χ1n) is 5.43. The SMILES string of the molecule is NC(CCO)CS(=O)(=O)c1ccc(C(F)(F)F)cc1. The third kappa shape index (κ3) is 4.48. The van der Waals surface area contributed by atoms with Crippen LogP contribution in [0.3, 0.4) is 0 Å². The maximum atomic E-state index is 12.3. The van der Waals surface area contributed by atoms with E-state index >= 15 is 0 Å². The van der Waals surface area contributed by atoms with E-state index in [1.54, 1.807) is 0 Å². The first-order valence-corrected chi connectivity index (χ1v) is 7.08. The summed E-state index contributed by atoms with van der Waals surface area (Å²) in [4.78, 5) is -0.214. The zero-order chi connectivity index (χ0) is 14.7. The number of sulfone groups is 1. The third-order valence-corrected chi connectivity index (χ3v) is 4.33. The largest absolute Gasteiger partial charge is 0.416 e. The van der Waals surface area contributed by atoms with E-state index in [2.05, 4.69) is 0 Å². The van der Waals surface area contributed by atoms with Crippen molar-refractivity contribution >= 4 is 9.84 Å². The molecule has 0 aliphatic rings. The summed E-state index contributed by atoms with van der Waals surface area (Å²) in [6, 6.07) is 2.49. The summed E-state index contributed by atoms with van der Waals surface area (Å²) in [6.07, 6.45) is -4.39. The number of aliphatic hydroxyl groups is 1. The van der Waals surface area contributed by atoms with Gasteiger partial charge in [-0.05, 0) is 30.7 Å². The van der Waals surface area contributed by atoms with Gasteiger partial charge in [0, 0.05) is 12.6 Å². The van der Waals surface area contributed by atoms with Gasteiger partial charge in [0.2, 0.25) is 0 Å². The van der Waals surface area contributed by atoms with Crippen LogP contribution in [0.2, 0.25) is 0 Å². The lowest BCUT2D eigenvalue weighted by Gasteiger charge is -2.12. The van der Waals surface area contributed by atoms with Crippen LogP contribution in [0.4, 0.5) is 13.2 Å². The van der Waals surface area contributed by atoms with Crippen LogP contribution in [0.1, 0.15) is 12.0 Å². The Morgan fingerprint density at radius 3 is 2.16 bits per heavy atom. The third-order valence-electron chi connectivity index (χ3n) is 2.47. The van der Waals surface area contributed by atoms with Crippen LogP contribution in [-0.2, 0) is 16.0 Å². The van der Waals surface area contributed by atoms with Crippen LogP contribution in [0.15, 0.2) is 29.2 Å². The van der Waals surface area contributed by atoms with E-state index in [4.69, 9.17) is 10.8 Å². The van der Waals surface area contributed by atoms with Gasteiger partial charge in [-0.3, -0.25) is 0 Å². The average molecular weight is 297 g/mol. The predicted molar refractivity (Wildman–Crippen MR) is 63.2 cm³/mol. The zero-order valence-corrected chi connectivity index (χ0v) is 10.7. The number of hydrogen-bond acceptors (Lipinski definition) is 4. The normalized spacial score (nSPS) is 14.4. The van der Waals surface area contributed by atoms with Crippen molar-refractivity contribution in [1.82, 2.24) is 0 Å². The number of halogens is 3. The van der Waals surface area contributed by atoms with Gasteiger partial charge in [0.25, 0.3) is 0 Å². The second-order valence-electron chi connectivity index (χ2n) is 4.08. The van der Waals surface area contributed by atoms with Gasteiger partial charge in [-0.25, -0.2) is 8.42 Å². The molecule has 3 N–H and O–H groups in total. The molecule has 0 aliphatic carbocycles. The number of hydrogen-bond donors (Lipinski definition) is 2. The van der Waals surface area contributed by atoms with Gasteiger partial charge in [0.05, 0.1) is 16.2 Å². The lowest BCUT2D eigenvalue weighted by molar-refractivity contribution is -0.137. The summed E-state index contributed by atoms with van der Waals surface area (Å²) in [5.41, 5.74) is 4.58. The quantitative estimate of drug-likeness (QED) is 0.855. The van der Waals surface area contributed by atoms with E-state index in [-0.39, 0.29) is 17.9 Å². The minimum Gasteiger partial charge on any atom is -0.396 e. The molecule has 1 aromatic carbocycles. The fourth-order valence-electron chi connectivity index (χ4n) is 1.48. The first-order chi connectivity index (χ1) is 8.66. The molecule has 0 radical (unpaired) electrons. The number of alkyl halides is 3. The minimum atomic E-state index is -4.50. The fraction of sp³-hybridized carbons (Fsp3) is 0.455. The van der Waals surface area contributed by atoms with E-state index in [1.165, 1.54) is 0 Å². The summed E-state index contributed by atoms with van der Waals surface area (Å²) >= 11 is 0. The standard InChI is InChI=1S/C11H14F3NO3S/c12-11(13,14)8-1-3-10(4-2-8)19(17,18)7-9(15)5-6-16/h1-4,9,16H,5-7,15H2. The molecule has 1 rings (SSSR count). The van der Waals surface area contributed by atoms with Crippen LogP contribution in [0.5, 0.6) is 0 Å². The highest BCUT2D eigenvalue weighted by atomic mass is 32.2. The Balaban J connectivity index is 2.91. The Hall–Kier alpha value is -1.12. The molecule has 0 amide bonds. The van der Waals surface area contributed by atoms with Crippen LogP contribution in [0, 0.1) is 0 Å². The Labute approximate surface area is 109 Å². The van der Waals surface area contributed by atoms with Crippen LogP contribution in [-0.4, -0.2) is 31.9 Å². The summed E-state index contributed by atoms with van der Waals surface area (Å²) in [5.74, 6) is -0.418. The molecular weight excluding hydrogens is 283 g/mol. The monoisotopic (exact) mass is 297 g/mol. The minimum absolute atomic E-state index is 0.111. The predicted octanol–water partition coefficient (Wildman–Crippen LogP) is 1.19. The van der Waals surface area contributed by atoms with E-state index in [0.717, 1.165) is 12.1 Å². The Morgan fingerprint density at radius 2 is 1.74 bits per heavy atom. The van der Waals surface area contributed by atoms with Gasteiger partial charge >= 0.3 is 6.18 Å². The summed E-state index contributed by atoms with van der Waals surface area (Å²) in [6.45, 7) is -0.246. The van der Waals surface area contributed by atoms with Gasteiger partial charge in [0.15, 0.2) is 9.84 Å². The zero-order valence-electron chi connectivity index (χ0n) is 9.89. The molecule has 0 aliphatic heterocycles. The smallest absolute Gasteiger partial charge is 0.396 e. The molecular formula is C11H14F3NO3S. The van der Waals surface area contributed by atoms with Crippen molar-refractivity contribution in [3.05, 3.63) is 29.8 Å². The van der Waals surface area contributed by atoms with Gasteiger partial charge in [0.1, 0.15) is 0 Å². The molecule has 8 heteroatoms. The van der Waals surface area contributed by atoms with Crippen molar-refractivity contribution in [3.63, 3.8) is 0 Å².